The fraction of sp³-hybridized carbons (Fsp3) is 0.435. The third-order valence-corrected chi connectivity index (χ3v) is 6.32. The molecule has 6 nitrogen and oxygen atoms in total. The molecule has 160 valence electrons. The largest absolute Gasteiger partial charge is 0.385 e. The standard InChI is InChI=1S/C23H30N4O2S/c1-6-26-22(19-11-8-7-10-16(19)2)24-25-23(26)30-15-21(28)20-14-17(3)27(18(20)4)12-9-13-29-5/h7-8,10-11,14H,6,9,12-13,15H2,1-5H3. The molecule has 0 N–H and O–H groups in total. The van der Waals surface area contributed by atoms with Crippen LogP contribution in [0.15, 0.2) is 35.5 Å². The Balaban J connectivity index is 1.74. The Bertz CT molecular complexity index is 1020. The van der Waals surface area contributed by atoms with E-state index in [9.17, 15) is 4.79 Å². The van der Waals surface area contributed by atoms with Crippen molar-refractivity contribution in [2.45, 2.75) is 52.4 Å². The van der Waals surface area contributed by atoms with Gasteiger partial charge >= 0.3 is 0 Å². The van der Waals surface area contributed by atoms with E-state index >= 15 is 0 Å². The maximum atomic E-state index is 12.9. The summed E-state index contributed by atoms with van der Waals surface area (Å²) in [5.41, 5.74) is 5.15. The molecule has 30 heavy (non-hydrogen) atoms. The van der Waals surface area contributed by atoms with Crippen molar-refractivity contribution >= 4 is 17.5 Å². The fourth-order valence-electron chi connectivity index (χ4n) is 3.71. The van der Waals surface area contributed by atoms with Crippen LogP contribution < -0.4 is 0 Å². The molecular formula is C23H30N4O2S. The first-order valence-corrected chi connectivity index (χ1v) is 11.3. The quantitative estimate of drug-likeness (QED) is 0.267. The number of hydrogen-bond donors (Lipinski definition) is 0. The molecule has 0 radical (unpaired) electrons. The van der Waals surface area contributed by atoms with E-state index in [0.29, 0.717) is 12.4 Å². The lowest BCUT2D eigenvalue weighted by atomic mass is 10.1. The van der Waals surface area contributed by atoms with Gasteiger partial charge in [-0.05, 0) is 45.7 Å². The minimum Gasteiger partial charge on any atom is -0.385 e. The average molecular weight is 427 g/mol. The number of ketones is 1. The van der Waals surface area contributed by atoms with Gasteiger partial charge in [-0.25, -0.2) is 0 Å². The molecule has 0 amide bonds. The number of hydrogen-bond acceptors (Lipinski definition) is 5. The van der Waals surface area contributed by atoms with Crippen LogP contribution in [0.2, 0.25) is 0 Å². The summed E-state index contributed by atoms with van der Waals surface area (Å²) >= 11 is 1.45. The van der Waals surface area contributed by atoms with Crippen molar-refractivity contribution < 1.29 is 9.53 Å². The summed E-state index contributed by atoms with van der Waals surface area (Å²) < 4.78 is 9.42. The third kappa shape index (κ3) is 4.68. The van der Waals surface area contributed by atoms with Crippen LogP contribution in [-0.4, -0.2) is 44.6 Å². The predicted octanol–water partition coefficient (Wildman–Crippen LogP) is 4.70. The summed E-state index contributed by atoms with van der Waals surface area (Å²) in [4.78, 5) is 12.9. The van der Waals surface area contributed by atoms with Crippen LogP contribution in [0.25, 0.3) is 11.4 Å². The lowest BCUT2D eigenvalue weighted by molar-refractivity contribution is 0.102. The topological polar surface area (TPSA) is 61.9 Å². The van der Waals surface area contributed by atoms with Gasteiger partial charge in [-0.1, -0.05) is 36.0 Å². The highest BCUT2D eigenvalue weighted by Gasteiger charge is 2.19. The van der Waals surface area contributed by atoms with Crippen molar-refractivity contribution in [1.29, 1.82) is 0 Å². The van der Waals surface area contributed by atoms with E-state index < -0.39 is 0 Å². The van der Waals surface area contributed by atoms with Gasteiger partial charge in [0.2, 0.25) is 0 Å². The van der Waals surface area contributed by atoms with E-state index in [2.05, 4.69) is 45.3 Å². The van der Waals surface area contributed by atoms with E-state index in [1.54, 1.807) is 7.11 Å². The maximum absolute atomic E-state index is 12.9. The molecule has 0 spiro atoms. The first-order chi connectivity index (χ1) is 14.5. The van der Waals surface area contributed by atoms with Gasteiger partial charge in [-0.2, -0.15) is 0 Å². The van der Waals surface area contributed by atoms with E-state index in [0.717, 1.165) is 58.6 Å². The van der Waals surface area contributed by atoms with E-state index in [1.807, 2.05) is 32.0 Å². The Morgan fingerprint density at radius 1 is 1.13 bits per heavy atom. The highest BCUT2D eigenvalue weighted by Crippen LogP contribution is 2.27. The zero-order chi connectivity index (χ0) is 21.7. The summed E-state index contributed by atoms with van der Waals surface area (Å²) in [6, 6.07) is 10.2. The molecule has 0 fully saturated rings. The third-order valence-electron chi connectivity index (χ3n) is 5.36. The highest BCUT2D eigenvalue weighted by atomic mass is 32.2. The highest BCUT2D eigenvalue weighted by molar-refractivity contribution is 7.99. The van der Waals surface area contributed by atoms with Crippen molar-refractivity contribution in [3.05, 3.63) is 52.8 Å². The molecule has 3 aromatic rings. The van der Waals surface area contributed by atoms with Crippen LogP contribution >= 0.6 is 11.8 Å². The van der Waals surface area contributed by atoms with Crippen molar-refractivity contribution in [2.75, 3.05) is 19.5 Å². The number of methoxy groups -OCH3 is 1. The number of aryl methyl sites for hydroxylation is 2. The first-order valence-electron chi connectivity index (χ1n) is 10.3. The molecule has 0 atom stereocenters. The Morgan fingerprint density at radius 3 is 2.60 bits per heavy atom. The van der Waals surface area contributed by atoms with Crippen LogP contribution in [0.4, 0.5) is 0 Å². The molecule has 2 heterocycles. The van der Waals surface area contributed by atoms with Gasteiger partial charge < -0.3 is 13.9 Å². The number of nitrogens with zero attached hydrogens (tertiary/aromatic N) is 4. The molecule has 7 heteroatoms. The van der Waals surface area contributed by atoms with Gasteiger partial charge in [0.05, 0.1) is 5.75 Å². The number of carbonyl (C=O) groups excluding carboxylic acids is 1. The second-order valence-corrected chi connectivity index (χ2v) is 8.30. The second kappa shape index (κ2) is 10.1. The van der Waals surface area contributed by atoms with Crippen molar-refractivity contribution in [3.8, 4) is 11.4 Å². The number of carbonyl (C=O) groups is 1. The molecule has 0 aliphatic heterocycles. The van der Waals surface area contributed by atoms with Crippen LogP contribution in [0.1, 0.15) is 40.7 Å². The van der Waals surface area contributed by atoms with Crippen molar-refractivity contribution in [2.24, 2.45) is 0 Å². The van der Waals surface area contributed by atoms with Gasteiger partial charge in [-0.3, -0.25) is 4.79 Å². The minimum atomic E-state index is 0.120. The van der Waals surface area contributed by atoms with Crippen molar-refractivity contribution in [3.63, 3.8) is 0 Å². The smallest absolute Gasteiger partial charge is 0.191 e. The molecule has 1 aromatic carbocycles. The van der Waals surface area contributed by atoms with Crippen LogP contribution in [0, 0.1) is 20.8 Å². The summed E-state index contributed by atoms with van der Waals surface area (Å²) in [5, 5.41) is 9.56. The lowest BCUT2D eigenvalue weighted by Gasteiger charge is -2.10. The van der Waals surface area contributed by atoms with Gasteiger partial charge in [0.15, 0.2) is 16.8 Å². The normalized spacial score (nSPS) is 11.2. The Hall–Kier alpha value is -2.38. The molecule has 0 bridgehead atoms. The monoisotopic (exact) mass is 426 g/mol. The fourth-order valence-corrected chi connectivity index (χ4v) is 4.59. The van der Waals surface area contributed by atoms with Gasteiger partial charge in [-0.15, -0.1) is 10.2 Å². The van der Waals surface area contributed by atoms with Crippen LogP contribution in [-0.2, 0) is 17.8 Å². The number of thioether (sulfide) groups is 1. The molecular weight excluding hydrogens is 396 g/mol. The van der Waals surface area contributed by atoms with Crippen molar-refractivity contribution in [1.82, 2.24) is 19.3 Å². The molecule has 0 saturated heterocycles. The Kier molecular flexibility index (Phi) is 7.50. The molecule has 3 rings (SSSR count). The van der Waals surface area contributed by atoms with E-state index in [-0.39, 0.29) is 5.78 Å². The van der Waals surface area contributed by atoms with E-state index in [1.165, 1.54) is 11.8 Å². The van der Waals surface area contributed by atoms with Crippen LogP contribution in [0.3, 0.4) is 0 Å². The van der Waals surface area contributed by atoms with Gasteiger partial charge in [0, 0.05) is 49.3 Å². The molecule has 0 aliphatic rings. The number of aromatic nitrogens is 4. The zero-order valence-electron chi connectivity index (χ0n) is 18.4. The molecule has 0 unspecified atom stereocenters. The molecule has 0 saturated carbocycles. The lowest BCUT2D eigenvalue weighted by Crippen LogP contribution is -2.09. The number of benzene rings is 1. The summed E-state index contributed by atoms with van der Waals surface area (Å²) in [6.07, 6.45) is 0.927. The van der Waals surface area contributed by atoms with Gasteiger partial charge in [0.25, 0.3) is 0 Å². The number of Topliss-reactive ketones (excluding diaryl/α,β-unsaturated/α-hetero) is 1. The number of rotatable bonds is 10. The first kappa shape index (κ1) is 22.3. The molecule has 0 aliphatic carbocycles. The second-order valence-electron chi connectivity index (χ2n) is 7.36. The summed E-state index contributed by atoms with van der Waals surface area (Å²) in [7, 11) is 1.71. The summed E-state index contributed by atoms with van der Waals surface area (Å²) in [5.74, 6) is 1.31. The van der Waals surface area contributed by atoms with E-state index in [4.69, 9.17) is 4.74 Å². The Morgan fingerprint density at radius 2 is 1.90 bits per heavy atom. The van der Waals surface area contributed by atoms with Crippen LogP contribution in [0.5, 0.6) is 0 Å². The summed E-state index contributed by atoms with van der Waals surface area (Å²) in [6.45, 7) is 10.5. The SMILES string of the molecule is CCn1c(SCC(=O)c2cc(C)n(CCCOC)c2C)nnc1-c1ccccc1C. The zero-order valence-corrected chi connectivity index (χ0v) is 19.3. The predicted molar refractivity (Wildman–Crippen MR) is 121 cm³/mol. The Labute approximate surface area is 182 Å². The molecule has 2 aromatic heterocycles. The average Bonchev–Trinajstić information content (AvgIpc) is 3.27. The van der Waals surface area contributed by atoms with Gasteiger partial charge in [0.1, 0.15) is 0 Å². The minimum absolute atomic E-state index is 0.120. The number of ether oxygens (including phenoxy) is 1. The maximum Gasteiger partial charge on any atom is 0.191 e.